The lowest BCUT2D eigenvalue weighted by molar-refractivity contribution is -0.870. The van der Waals surface area contributed by atoms with E-state index in [1.54, 1.807) is 24.3 Å². The number of rotatable bonds is 16. The number of likely N-dealkylation sites (N-methyl/N-ethyl adjacent to an activating group) is 2. The molecule has 0 aromatic heterocycles. The second-order valence-electron chi connectivity index (χ2n) is 12.9. The van der Waals surface area contributed by atoms with Crippen LogP contribution in [0.4, 0.5) is 0 Å². The Kier molecular flexibility index (Phi) is 25.3. The van der Waals surface area contributed by atoms with Crippen molar-refractivity contribution in [1.29, 1.82) is 0 Å². The quantitative estimate of drug-likeness (QED) is 0.140. The van der Waals surface area contributed by atoms with Crippen molar-refractivity contribution in [3.05, 3.63) is 65.7 Å². The molecular formula is C33H56Cl3N3O6. The van der Waals surface area contributed by atoms with Gasteiger partial charge in [0.25, 0.3) is 0 Å². The summed E-state index contributed by atoms with van der Waals surface area (Å²) in [6.07, 6.45) is 1.63. The number of nitrogens with one attached hydrogen (secondary N) is 1. The molecule has 260 valence electrons. The van der Waals surface area contributed by atoms with Crippen LogP contribution in [0.25, 0.3) is 0 Å². The minimum Gasteiger partial charge on any atom is -1.00 e. The zero-order chi connectivity index (χ0) is 31.8. The van der Waals surface area contributed by atoms with Crippen molar-refractivity contribution in [1.82, 2.24) is 5.32 Å². The van der Waals surface area contributed by atoms with E-state index in [0.29, 0.717) is 19.3 Å². The summed E-state index contributed by atoms with van der Waals surface area (Å²) in [5, 5.41) is 23.1. The number of quaternary nitrogens is 2. The molecule has 0 aliphatic carbocycles. The lowest BCUT2D eigenvalue weighted by Gasteiger charge is -2.25. The molecule has 0 radical (unpaired) electrons. The first-order valence-electron chi connectivity index (χ1n) is 14.7. The van der Waals surface area contributed by atoms with Gasteiger partial charge in [0.2, 0.25) is 0 Å². The molecule has 3 N–H and O–H groups in total. The lowest BCUT2D eigenvalue weighted by Crippen LogP contribution is -3.00. The van der Waals surface area contributed by atoms with E-state index in [2.05, 4.69) is 36.5 Å². The highest BCUT2D eigenvalue weighted by molar-refractivity contribution is 5.85. The number of esters is 2. The third kappa shape index (κ3) is 24.8. The maximum atomic E-state index is 11.4. The fourth-order valence-electron chi connectivity index (χ4n) is 3.83. The molecule has 2 rings (SSSR count). The molecule has 45 heavy (non-hydrogen) atoms. The number of aliphatic hydroxyl groups excluding tert-OH is 1. The number of hydrogen-bond acceptors (Lipinski definition) is 7. The van der Waals surface area contributed by atoms with Gasteiger partial charge in [0.05, 0.1) is 61.2 Å². The van der Waals surface area contributed by atoms with Gasteiger partial charge in [-0.05, 0) is 49.9 Å². The van der Waals surface area contributed by atoms with Crippen LogP contribution in [0.2, 0.25) is 0 Å². The molecular weight excluding hydrogens is 641 g/mol. The normalized spacial score (nSPS) is 12.8. The van der Waals surface area contributed by atoms with Gasteiger partial charge in [-0.15, -0.1) is 12.4 Å². The minimum atomic E-state index is -0.584. The highest BCUT2D eigenvalue weighted by Gasteiger charge is 2.18. The van der Waals surface area contributed by atoms with Crippen molar-refractivity contribution in [3.63, 3.8) is 0 Å². The molecule has 0 spiro atoms. The molecule has 9 nitrogen and oxygen atoms in total. The number of carbonyl (C=O) groups is 2. The molecule has 3 unspecified atom stereocenters. The molecule has 0 bridgehead atoms. The Bertz CT molecular complexity index is 1020. The van der Waals surface area contributed by atoms with E-state index < -0.39 is 6.10 Å². The van der Waals surface area contributed by atoms with E-state index in [4.69, 9.17) is 9.47 Å². The Hall–Kier alpha value is -2.11. The minimum absolute atomic E-state index is 0. The lowest BCUT2D eigenvalue weighted by atomic mass is 10.0. The molecule has 2 aromatic carbocycles. The van der Waals surface area contributed by atoms with Crippen LogP contribution in [-0.2, 0) is 25.5 Å². The number of aryl methyl sites for hydroxylation is 1. The van der Waals surface area contributed by atoms with E-state index in [0.717, 1.165) is 40.5 Å². The first-order chi connectivity index (χ1) is 19.6. The fourth-order valence-corrected chi connectivity index (χ4v) is 3.83. The van der Waals surface area contributed by atoms with E-state index in [9.17, 15) is 19.8 Å². The summed E-state index contributed by atoms with van der Waals surface area (Å²) >= 11 is 0. The topological polar surface area (TPSA) is 105 Å². The predicted molar refractivity (Wildman–Crippen MR) is 174 cm³/mol. The van der Waals surface area contributed by atoms with E-state index >= 15 is 0 Å². The van der Waals surface area contributed by atoms with Crippen LogP contribution in [0, 0.1) is 0 Å². The highest BCUT2D eigenvalue weighted by Crippen LogP contribution is 2.20. The monoisotopic (exact) mass is 695 g/mol. The smallest absolute Gasteiger partial charge is 0.306 e. The van der Waals surface area contributed by atoms with Crippen molar-refractivity contribution in [2.45, 2.75) is 57.7 Å². The number of nitrogens with zero attached hydrogens (tertiary/aromatic N) is 2. The molecule has 12 heteroatoms. The standard InChI is InChI=1S/C19H25NO2.C14H30N2O4.3ClH/c1-14(8-9-16-6-4-3-5-7-16)20-15(2)19(22)17-10-12-18(21)13-11-17;1-15(2,3)9-11-19-13(17)7-8-14(18)20-12-10-16(4,5)6;;;/h3-7,10-15,19-22H,8-9H2,1-2H3;7-12H2,1-6H3;3*1H/q;+2;;;/p-2. The Balaban J connectivity index is -0.000000739. The van der Waals surface area contributed by atoms with Gasteiger partial charge in [-0.3, -0.25) is 9.59 Å². The Morgan fingerprint density at radius 3 is 1.64 bits per heavy atom. The van der Waals surface area contributed by atoms with Gasteiger partial charge < -0.3 is 58.8 Å². The number of phenolic OH excluding ortho intramolecular Hbond substituents is 1. The maximum Gasteiger partial charge on any atom is 0.306 e. The summed E-state index contributed by atoms with van der Waals surface area (Å²) in [6.45, 7) is 6.37. The van der Waals surface area contributed by atoms with Gasteiger partial charge >= 0.3 is 11.9 Å². The Labute approximate surface area is 289 Å². The van der Waals surface area contributed by atoms with Crippen LogP contribution in [-0.4, -0.2) is 112 Å². The van der Waals surface area contributed by atoms with Crippen LogP contribution in [0.15, 0.2) is 54.6 Å². The summed E-state index contributed by atoms with van der Waals surface area (Å²) in [5.41, 5.74) is 2.15. The number of aliphatic hydroxyl groups is 1. The van der Waals surface area contributed by atoms with E-state index in [1.165, 1.54) is 5.56 Å². The van der Waals surface area contributed by atoms with Crippen LogP contribution in [0.5, 0.6) is 5.75 Å². The largest absolute Gasteiger partial charge is 1.00 e. The van der Waals surface area contributed by atoms with Crippen molar-refractivity contribution in [2.24, 2.45) is 0 Å². The summed E-state index contributed by atoms with van der Waals surface area (Å²) in [5.74, 6) is -0.475. The average molecular weight is 697 g/mol. The first kappa shape index (κ1) is 47.3. The molecule has 3 atom stereocenters. The van der Waals surface area contributed by atoms with E-state index in [-0.39, 0.29) is 73.8 Å². The van der Waals surface area contributed by atoms with Crippen LogP contribution in [0.3, 0.4) is 0 Å². The van der Waals surface area contributed by atoms with Gasteiger partial charge in [-0.25, -0.2) is 0 Å². The number of hydrogen-bond donors (Lipinski definition) is 3. The molecule has 0 aliphatic heterocycles. The third-order valence-corrected chi connectivity index (χ3v) is 6.55. The van der Waals surface area contributed by atoms with Crippen LogP contribution < -0.4 is 30.1 Å². The molecule has 0 saturated heterocycles. The van der Waals surface area contributed by atoms with Crippen LogP contribution >= 0.6 is 12.4 Å². The zero-order valence-corrected chi connectivity index (χ0v) is 30.5. The first-order valence-corrected chi connectivity index (χ1v) is 14.7. The van der Waals surface area contributed by atoms with E-state index in [1.807, 2.05) is 55.3 Å². The zero-order valence-electron chi connectivity index (χ0n) is 28.2. The van der Waals surface area contributed by atoms with Gasteiger partial charge in [-0.1, -0.05) is 42.5 Å². The summed E-state index contributed by atoms with van der Waals surface area (Å²) in [7, 11) is 12.2. The van der Waals surface area contributed by atoms with Gasteiger partial charge in [0.15, 0.2) is 0 Å². The molecule has 0 saturated carbocycles. The molecule has 0 fully saturated rings. The van der Waals surface area contributed by atoms with Crippen LogP contribution in [0.1, 0.15) is 50.3 Å². The SMILES string of the molecule is CC(CCc1ccccc1)NC(C)C(O)c1ccc(O)cc1.C[N+](C)(C)CCOC(=O)CCC(=O)OCC[N+](C)(C)C.Cl.[Cl-].[Cl-]. The number of phenols is 1. The molecule has 2 aromatic rings. The summed E-state index contributed by atoms with van der Waals surface area (Å²) < 4.78 is 11.6. The van der Waals surface area contributed by atoms with Crippen molar-refractivity contribution in [2.75, 3.05) is 68.6 Å². The van der Waals surface area contributed by atoms with Gasteiger partial charge in [-0.2, -0.15) is 0 Å². The second kappa shape index (κ2) is 24.1. The Morgan fingerprint density at radius 1 is 0.778 bits per heavy atom. The Morgan fingerprint density at radius 2 is 1.22 bits per heavy atom. The highest BCUT2D eigenvalue weighted by atomic mass is 35.5. The van der Waals surface area contributed by atoms with Crippen molar-refractivity contribution in [3.8, 4) is 5.75 Å². The molecule has 0 amide bonds. The second-order valence-corrected chi connectivity index (χ2v) is 12.9. The molecule has 0 aliphatic rings. The fraction of sp³-hybridized carbons (Fsp3) is 0.576. The van der Waals surface area contributed by atoms with Crippen molar-refractivity contribution < 1.29 is 63.1 Å². The predicted octanol–water partition coefficient (Wildman–Crippen LogP) is -1.88. The number of ether oxygens (including phenoxy) is 2. The number of benzene rings is 2. The summed E-state index contributed by atoms with van der Waals surface area (Å²) in [6, 6.07) is 17.4. The van der Waals surface area contributed by atoms with Gasteiger partial charge in [0, 0.05) is 12.1 Å². The summed E-state index contributed by atoms with van der Waals surface area (Å²) in [4.78, 5) is 22.9. The van der Waals surface area contributed by atoms with Crippen molar-refractivity contribution >= 4 is 24.3 Å². The molecule has 0 heterocycles. The average Bonchev–Trinajstić information content (AvgIpc) is 2.90. The van der Waals surface area contributed by atoms with Gasteiger partial charge in [0.1, 0.15) is 32.1 Å². The number of carbonyl (C=O) groups excluding carboxylic acids is 2. The third-order valence-electron chi connectivity index (χ3n) is 6.55. The number of aromatic hydroxyl groups is 1. The maximum absolute atomic E-state index is 11.4. The number of halogens is 3.